The van der Waals surface area contributed by atoms with E-state index in [2.05, 4.69) is 0 Å². The lowest BCUT2D eigenvalue weighted by atomic mass is 10.1. The Morgan fingerprint density at radius 3 is 1.64 bits per heavy atom. The van der Waals surface area contributed by atoms with Crippen molar-refractivity contribution in [2.45, 2.75) is 38.5 Å². The van der Waals surface area contributed by atoms with Crippen molar-refractivity contribution in [3.05, 3.63) is 66.0 Å². The number of carboxylic acids is 4. The van der Waals surface area contributed by atoms with Crippen molar-refractivity contribution in [3.63, 3.8) is 0 Å². The van der Waals surface area contributed by atoms with E-state index in [1.165, 1.54) is 0 Å². The summed E-state index contributed by atoms with van der Waals surface area (Å²) in [6, 6.07) is 13.8. The Hall–Kier alpha value is -3.37. The van der Waals surface area contributed by atoms with Gasteiger partial charge in [-0.05, 0) is 55.5 Å². The minimum absolute atomic E-state index is 0.0404. The molecular weight excluding hydrogens is 597 g/mol. The van der Waals surface area contributed by atoms with Crippen molar-refractivity contribution in [3.8, 4) is 0 Å². The van der Waals surface area contributed by atoms with Gasteiger partial charge in [-0.15, -0.1) is 0 Å². The molecule has 232 valence electrons. The zero-order valence-electron chi connectivity index (χ0n) is 22.6. The lowest BCUT2D eigenvalue weighted by Crippen LogP contribution is -2.22. The molecule has 0 saturated carbocycles. The van der Waals surface area contributed by atoms with Crippen LogP contribution in [0.15, 0.2) is 54.6 Å². The number of benzene rings is 2. The van der Waals surface area contributed by atoms with E-state index in [-0.39, 0.29) is 36.9 Å². The lowest BCUT2D eigenvalue weighted by molar-refractivity contribution is -0.144. The monoisotopic (exact) mass is 632 g/mol. The van der Waals surface area contributed by atoms with Crippen LogP contribution in [0.3, 0.4) is 0 Å². The Morgan fingerprint density at radius 1 is 0.714 bits per heavy atom. The summed E-state index contributed by atoms with van der Waals surface area (Å²) in [6.07, 6.45) is -0.864. The van der Waals surface area contributed by atoms with Crippen molar-refractivity contribution in [1.82, 2.24) is 0 Å². The molecule has 0 amide bonds. The van der Waals surface area contributed by atoms with Gasteiger partial charge in [-0.25, -0.2) is 4.39 Å². The number of aryl methyl sites for hydroxylation is 1. The van der Waals surface area contributed by atoms with Gasteiger partial charge in [0.1, 0.15) is 5.82 Å². The summed E-state index contributed by atoms with van der Waals surface area (Å²) in [4.78, 5) is 62.8. The van der Waals surface area contributed by atoms with Crippen LogP contribution in [0.2, 0.25) is 0 Å². The van der Waals surface area contributed by atoms with Crippen molar-refractivity contribution < 1.29 is 62.9 Å². The van der Waals surface area contributed by atoms with Gasteiger partial charge >= 0.3 is 23.9 Å². The minimum atomic E-state index is -3.98. The van der Waals surface area contributed by atoms with E-state index in [4.69, 9.17) is 20.4 Å². The third-order valence-electron chi connectivity index (χ3n) is 6.13. The third-order valence-corrected chi connectivity index (χ3v) is 10.2. The Balaban J connectivity index is 0.000000422. The van der Waals surface area contributed by atoms with Crippen molar-refractivity contribution >= 4 is 43.9 Å². The van der Waals surface area contributed by atoms with E-state index in [0.717, 1.165) is 29.8 Å². The first-order valence-electron chi connectivity index (χ1n) is 12.8. The van der Waals surface area contributed by atoms with Crippen molar-refractivity contribution in [1.29, 1.82) is 0 Å². The molecule has 4 unspecified atom stereocenters. The molecular formula is C27H35FO12P2. The number of carbonyl (C=O) groups is 4. The average Bonchev–Trinajstić information content (AvgIpc) is 2.89. The third kappa shape index (κ3) is 15.0. The topological polar surface area (TPSA) is 224 Å². The molecule has 0 radical (unpaired) electrons. The second-order valence-corrected chi connectivity index (χ2v) is 14.4. The molecule has 0 saturated heterocycles. The van der Waals surface area contributed by atoms with Gasteiger partial charge in [0.05, 0.1) is 11.8 Å². The second-order valence-electron chi connectivity index (χ2n) is 9.64. The molecule has 0 heterocycles. The van der Waals surface area contributed by atoms with Gasteiger partial charge in [-0.3, -0.25) is 28.3 Å². The molecule has 0 aliphatic carbocycles. The van der Waals surface area contributed by atoms with Gasteiger partial charge in [-0.2, -0.15) is 0 Å². The zero-order chi connectivity index (χ0) is 31.9. The van der Waals surface area contributed by atoms with Crippen LogP contribution in [-0.4, -0.2) is 72.6 Å². The fourth-order valence-corrected chi connectivity index (χ4v) is 7.49. The van der Waals surface area contributed by atoms with Crippen molar-refractivity contribution in [2.24, 2.45) is 11.8 Å². The standard InChI is InChI=1S/C15H21O6P.C12H14FO6P/c16-14(17)9-8-13(15(18)19)11-22(20,21)10-4-7-12-5-2-1-3-6-12;13-9-2-4-10(5-3-9)20(18,19)7-8(12(16)17)1-6-11(14)15/h1-3,5-6,13H,4,7-11H2,(H,16,17)(H,18,19)(H,20,21);2-5,8H,1,6-7H2,(H,14,15)(H,16,17)(H,18,19). The van der Waals surface area contributed by atoms with E-state index >= 15 is 0 Å². The van der Waals surface area contributed by atoms with Crippen LogP contribution in [-0.2, 0) is 34.7 Å². The largest absolute Gasteiger partial charge is 0.481 e. The molecule has 2 aromatic rings. The number of halogens is 1. The van der Waals surface area contributed by atoms with Gasteiger partial charge in [0, 0.05) is 36.6 Å². The Morgan fingerprint density at radius 2 is 1.19 bits per heavy atom. The Labute approximate surface area is 241 Å². The summed E-state index contributed by atoms with van der Waals surface area (Å²) in [5.74, 6) is -7.75. The van der Waals surface area contributed by atoms with Crippen LogP contribution < -0.4 is 5.30 Å². The van der Waals surface area contributed by atoms with Gasteiger partial charge in [0.2, 0.25) is 14.7 Å². The van der Waals surface area contributed by atoms with Gasteiger partial charge in [0.25, 0.3) is 0 Å². The van der Waals surface area contributed by atoms with E-state index in [1.54, 1.807) is 0 Å². The highest BCUT2D eigenvalue weighted by molar-refractivity contribution is 7.66. The van der Waals surface area contributed by atoms with Gasteiger partial charge < -0.3 is 30.2 Å². The van der Waals surface area contributed by atoms with E-state index in [9.17, 15) is 42.5 Å². The highest BCUT2D eigenvalue weighted by atomic mass is 31.2. The summed E-state index contributed by atoms with van der Waals surface area (Å²) in [6.45, 7) is 0. The molecule has 2 aromatic carbocycles. The zero-order valence-corrected chi connectivity index (χ0v) is 24.4. The number of rotatable bonds is 17. The SMILES string of the molecule is O=C(O)CCC(CP(=O)(O)CCCc1ccccc1)C(=O)O.O=C(O)CCC(CP(=O)(O)c1ccc(F)cc1)C(=O)O. The van der Waals surface area contributed by atoms with Crippen LogP contribution in [0.5, 0.6) is 0 Å². The average molecular weight is 633 g/mol. The summed E-state index contributed by atoms with van der Waals surface area (Å²) < 4.78 is 37.0. The van der Waals surface area contributed by atoms with Crippen LogP contribution in [0, 0.1) is 17.7 Å². The fourth-order valence-electron chi connectivity index (χ4n) is 3.87. The number of hydrogen-bond acceptors (Lipinski definition) is 6. The van der Waals surface area contributed by atoms with Crippen LogP contribution >= 0.6 is 14.7 Å². The quantitative estimate of drug-likeness (QED) is 0.137. The second kappa shape index (κ2) is 17.6. The van der Waals surface area contributed by atoms with Gasteiger partial charge in [0.15, 0.2) is 0 Å². The first-order chi connectivity index (χ1) is 19.5. The number of hydrogen-bond donors (Lipinski definition) is 6. The normalized spacial score (nSPS) is 15.1. The highest BCUT2D eigenvalue weighted by Gasteiger charge is 2.31. The van der Waals surface area contributed by atoms with E-state index < -0.39 is 68.9 Å². The predicted molar refractivity (Wildman–Crippen MR) is 151 cm³/mol. The maximum atomic E-state index is 12.7. The Bertz CT molecular complexity index is 1280. The summed E-state index contributed by atoms with van der Waals surface area (Å²) >= 11 is 0. The minimum Gasteiger partial charge on any atom is -0.481 e. The molecule has 0 fully saturated rings. The fraction of sp³-hybridized carbons (Fsp3) is 0.407. The number of carboxylic acid groups (broad SMARTS) is 4. The van der Waals surface area contributed by atoms with E-state index in [0.29, 0.717) is 12.8 Å². The molecule has 15 heteroatoms. The maximum absolute atomic E-state index is 12.7. The maximum Gasteiger partial charge on any atom is 0.307 e. The predicted octanol–water partition coefficient (Wildman–Crippen LogP) is 3.74. The van der Waals surface area contributed by atoms with Crippen LogP contribution in [0.25, 0.3) is 0 Å². The molecule has 0 aliphatic rings. The Kier molecular flexibility index (Phi) is 15.3. The molecule has 0 aromatic heterocycles. The molecule has 6 N–H and O–H groups in total. The van der Waals surface area contributed by atoms with Crippen LogP contribution in [0.1, 0.15) is 37.7 Å². The molecule has 12 nitrogen and oxygen atoms in total. The summed E-state index contributed by atoms with van der Waals surface area (Å²) in [7, 11) is -7.55. The summed E-state index contributed by atoms with van der Waals surface area (Å²) in [5.41, 5.74) is 1.06. The van der Waals surface area contributed by atoms with Crippen LogP contribution in [0.4, 0.5) is 4.39 Å². The van der Waals surface area contributed by atoms with Crippen molar-refractivity contribution in [2.75, 3.05) is 18.5 Å². The molecule has 0 bridgehead atoms. The number of aliphatic carboxylic acids is 4. The van der Waals surface area contributed by atoms with Gasteiger partial charge in [-0.1, -0.05) is 30.3 Å². The summed E-state index contributed by atoms with van der Waals surface area (Å²) in [5, 5.41) is 35.0. The molecule has 0 spiro atoms. The lowest BCUT2D eigenvalue weighted by Gasteiger charge is -2.16. The molecule has 0 aliphatic heterocycles. The van der Waals surface area contributed by atoms with E-state index in [1.807, 2.05) is 30.3 Å². The first-order valence-corrected chi connectivity index (χ1v) is 16.7. The first kappa shape index (κ1) is 36.7. The molecule has 2 rings (SSSR count). The highest BCUT2D eigenvalue weighted by Crippen LogP contribution is 2.44. The molecule has 4 atom stereocenters. The molecule has 42 heavy (non-hydrogen) atoms. The smallest absolute Gasteiger partial charge is 0.307 e.